The zero-order chi connectivity index (χ0) is 6.78. The van der Waals surface area contributed by atoms with E-state index in [9.17, 15) is 0 Å². The van der Waals surface area contributed by atoms with Gasteiger partial charge in [0, 0.05) is 6.54 Å². The van der Waals surface area contributed by atoms with Crippen LogP contribution in [-0.2, 0) is 0 Å². The van der Waals surface area contributed by atoms with Crippen molar-refractivity contribution in [3.63, 3.8) is 0 Å². The van der Waals surface area contributed by atoms with E-state index in [0.29, 0.717) is 6.54 Å². The molecular weight excluding hydrogens is 180 g/mol. The maximum absolute atomic E-state index is 5.65. The van der Waals surface area contributed by atoms with E-state index in [4.69, 9.17) is 23.2 Å². The highest BCUT2D eigenvalue weighted by molar-refractivity contribution is 6.48. The molecule has 0 saturated carbocycles. The average molecular weight is 193 g/mol. The Morgan fingerprint density at radius 3 is 1.67 bits per heavy atom. The minimum absolute atomic E-state index is 0. The molecule has 0 radical (unpaired) electrons. The van der Waals surface area contributed by atoms with Gasteiger partial charge in [-0.3, -0.25) is 0 Å². The van der Waals surface area contributed by atoms with Crippen LogP contribution in [0.4, 0.5) is 0 Å². The minimum atomic E-state index is -0.608. The first-order chi connectivity index (χ1) is 3.42. The predicted octanol–water partition coefficient (Wildman–Crippen LogP) is 2.16. The van der Waals surface area contributed by atoms with Gasteiger partial charge in [-0.1, -0.05) is 0 Å². The molecule has 0 aliphatic rings. The number of rotatable bonds is 2. The van der Waals surface area contributed by atoms with E-state index in [0.717, 1.165) is 0 Å². The van der Waals surface area contributed by atoms with E-state index >= 15 is 0 Å². The molecule has 0 N–H and O–H groups in total. The highest BCUT2D eigenvalue weighted by Gasteiger charge is 2.16. The van der Waals surface area contributed by atoms with Gasteiger partial charge in [0.15, 0.2) is 0 Å². The highest BCUT2D eigenvalue weighted by Crippen LogP contribution is 2.19. The van der Waals surface area contributed by atoms with Crippen molar-refractivity contribution >= 4 is 35.6 Å². The Labute approximate surface area is 72.7 Å². The summed E-state index contributed by atoms with van der Waals surface area (Å²) in [5.41, 5.74) is 0. The van der Waals surface area contributed by atoms with Gasteiger partial charge in [-0.2, -0.15) is 0 Å². The molecule has 0 saturated heterocycles. The molecule has 0 aromatic carbocycles. The second kappa shape index (κ2) is 4.62. The number of hydrogen-bond donors (Lipinski definition) is 0. The topological polar surface area (TPSA) is 3.24 Å². The van der Waals surface area contributed by atoms with Gasteiger partial charge in [0.1, 0.15) is 4.33 Å². The van der Waals surface area contributed by atoms with Crippen LogP contribution in [-0.4, -0.2) is 29.9 Å². The van der Waals surface area contributed by atoms with Crippen molar-refractivity contribution in [2.75, 3.05) is 20.6 Å². The molecule has 9 heavy (non-hydrogen) atoms. The van der Waals surface area contributed by atoms with Crippen LogP contribution < -0.4 is 0 Å². The lowest BCUT2D eigenvalue weighted by Crippen LogP contribution is -2.26. The average Bonchev–Trinajstić information content (AvgIpc) is 1.21. The Balaban J connectivity index is 0. The fourth-order valence-corrected chi connectivity index (χ4v) is 1.03. The number of alkyl halides is 2. The van der Waals surface area contributed by atoms with Crippen LogP contribution in [0.1, 0.15) is 6.92 Å². The van der Waals surface area contributed by atoms with Gasteiger partial charge in [0.05, 0.1) is 0 Å². The van der Waals surface area contributed by atoms with Crippen molar-refractivity contribution in [1.82, 2.24) is 4.90 Å². The number of halogens is 3. The minimum Gasteiger partial charge on any atom is -0.306 e. The predicted molar refractivity (Wildman–Crippen MR) is 45.9 cm³/mol. The smallest absolute Gasteiger partial charge is 0.128 e. The van der Waals surface area contributed by atoms with Crippen LogP contribution in [0.2, 0.25) is 0 Å². The third-order valence-corrected chi connectivity index (χ3v) is 0.833. The van der Waals surface area contributed by atoms with Gasteiger partial charge in [-0.25, -0.2) is 0 Å². The molecular formula is C5H12Cl3N. The third-order valence-electron chi connectivity index (χ3n) is 0.594. The van der Waals surface area contributed by atoms with Gasteiger partial charge in [-0.05, 0) is 21.0 Å². The summed E-state index contributed by atoms with van der Waals surface area (Å²) in [6, 6.07) is 0. The van der Waals surface area contributed by atoms with Crippen LogP contribution in [0.25, 0.3) is 0 Å². The Morgan fingerprint density at radius 2 is 1.67 bits per heavy atom. The summed E-state index contributed by atoms with van der Waals surface area (Å²) >= 11 is 11.3. The second-order valence-corrected chi connectivity index (χ2v) is 4.17. The summed E-state index contributed by atoms with van der Waals surface area (Å²) in [5.74, 6) is 0. The van der Waals surface area contributed by atoms with Gasteiger partial charge in [0.2, 0.25) is 0 Å². The maximum atomic E-state index is 5.65. The van der Waals surface area contributed by atoms with Gasteiger partial charge >= 0.3 is 0 Å². The van der Waals surface area contributed by atoms with E-state index in [1.165, 1.54) is 0 Å². The highest BCUT2D eigenvalue weighted by atomic mass is 35.5. The van der Waals surface area contributed by atoms with Crippen LogP contribution >= 0.6 is 35.6 Å². The Hall–Kier alpha value is 0.830. The van der Waals surface area contributed by atoms with Crippen LogP contribution in [0.3, 0.4) is 0 Å². The van der Waals surface area contributed by atoms with Crippen molar-refractivity contribution < 1.29 is 0 Å². The molecule has 0 amide bonds. The molecule has 58 valence electrons. The fourth-order valence-electron chi connectivity index (χ4n) is 0.555. The van der Waals surface area contributed by atoms with Crippen molar-refractivity contribution in [2.45, 2.75) is 11.3 Å². The Bertz CT molecular complexity index is 67.1. The zero-order valence-electron chi connectivity index (χ0n) is 5.82. The van der Waals surface area contributed by atoms with E-state index < -0.39 is 4.33 Å². The summed E-state index contributed by atoms with van der Waals surface area (Å²) < 4.78 is -0.608. The summed E-state index contributed by atoms with van der Waals surface area (Å²) in [5, 5.41) is 0. The first-order valence-corrected chi connectivity index (χ1v) is 3.20. The number of nitrogens with zero attached hydrogens (tertiary/aromatic N) is 1. The molecule has 0 heterocycles. The standard InChI is InChI=1S/C5H11Cl2N.ClH/c1-5(6,7)4-8(2)3;/h4H2,1-3H3;1H. The monoisotopic (exact) mass is 191 g/mol. The molecule has 0 aliphatic heterocycles. The van der Waals surface area contributed by atoms with Crippen LogP contribution in [0, 0.1) is 0 Å². The molecule has 0 rings (SSSR count). The molecule has 4 heteroatoms. The quantitative estimate of drug-likeness (QED) is 0.606. The molecule has 0 fully saturated rings. The van der Waals surface area contributed by atoms with E-state index in [1.54, 1.807) is 6.92 Å². The van der Waals surface area contributed by atoms with E-state index in [2.05, 4.69) is 0 Å². The molecule has 0 spiro atoms. The van der Waals surface area contributed by atoms with Crippen molar-refractivity contribution in [1.29, 1.82) is 0 Å². The Kier molecular flexibility index (Phi) is 6.41. The molecule has 0 unspecified atom stereocenters. The molecule has 0 aromatic rings. The first kappa shape index (κ1) is 12.5. The molecule has 1 nitrogen and oxygen atoms in total. The van der Waals surface area contributed by atoms with Gasteiger partial charge in [-0.15, -0.1) is 35.6 Å². The lowest BCUT2D eigenvalue weighted by atomic mass is 10.4. The summed E-state index contributed by atoms with van der Waals surface area (Å²) in [6.07, 6.45) is 0. The van der Waals surface area contributed by atoms with Crippen LogP contribution in [0.15, 0.2) is 0 Å². The van der Waals surface area contributed by atoms with Crippen molar-refractivity contribution in [2.24, 2.45) is 0 Å². The first-order valence-electron chi connectivity index (χ1n) is 2.44. The maximum Gasteiger partial charge on any atom is 0.128 e. The summed E-state index contributed by atoms with van der Waals surface area (Å²) in [7, 11) is 3.87. The lowest BCUT2D eigenvalue weighted by molar-refractivity contribution is 0.398. The van der Waals surface area contributed by atoms with Crippen LogP contribution in [0.5, 0.6) is 0 Å². The third kappa shape index (κ3) is 12.1. The van der Waals surface area contributed by atoms with E-state index in [1.807, 2.05) is 19.0 Å². The zero-order valence-corrected chi connectivity index (χ0v) is 8.15. The molecule has 0 atom stereocenters. The summed E-state index contributed by atoms with van der Waals surface area (Å²) in [4.78, 5) is 1.94. The largest absolute Gasteiger partial charge is 0.306 e. The van der Waals surface area contributed by atoms with Crippen molar-refractivity contribution in [3.8, 4) is 0 Å². The van der Waals surface area contributed by atoms with Crippen molar-refractivity contribution in [3.05, 3.63) is 0 Å². The normalized spacial score (nSPS) is 11.3. The van der Waals surface area contributed by atoms with E-state index in [-0.39, 0.29) is 12.4 Å². The number of hydrogen-bond acceptors (Lipinski definition) is 1. The summed E-state index contributed by atoms with van der Waals surface area (Å²) in [6.45, 7) is 2.46. The Morgan fingerprint density at radius 1 is 1.33 bits per heavy atom. The fraction of sp³-hybridized carbons (Fsp3) is 1.00. The molecule has 0 aromatic heterocycles. The molecule has 0 bridgehead atoms. The second-order valence-electron chi connectivity index (χ2n) is 2.31. The SMILES string of the molecule is CN(C)CC(C)(Cl)Cl.Cl. The molecule has 0 aliphatic carbocycles. The van der Waals surface area contributed by atoms with Gasteiger partial charge in [0.25, 0.3) is 0 Å². The van der Waals surface area contributed by atoms with Gasteiger partial charge < -0.3 is 4.90 Å². The lowest BCUT2D eigenvalue weighted by Gasteiger charge is -2.17.